The first-order valence-electron chi connectivity index (χ1n) is 10.2. The van der Waals surface area contributed by atoms with Gasteiger partial charge in [-0.05, 0) is 62.7 Å². The average Bonchev–Trinajstić information content (AvgIpc) is 3.17. The van der Waals surface area contributed by atoms with E-state index >= 15 is 0 Å². The van der Waals surface area contributed by atoms with E-state index in [4.69, 9.17) is 13.7 Å². The number of amides is 1. The van der Waals surface area contributed by atoms with Gasteiger partial charge in [0.25, 0.3) is 15.9 Å². The number of aryl methyl sites for hydroxylation is 2. The van der Waals surface area contributed by atoms with Crippen LogP contribution in [0.1, 0.15) is 18.2 Å². The molecule has 0 unspecified atom stereocenters. The Kier molecular flexibility index (Phi) is 6.12. The van der Waals surface area contributed by atoms with Crippen LogP contribution in [0.15, 0.2) is 73.2 Å². The Labute approximate surface area is 194 Å². The van der Waals surface area contributed by atoms with Gasteiger partial charge in [0.2, 0.25) is 0 Å². The van der Waals surface area contributed by atoms with E-state index in [0.717, 1.165) is 10.9 Å². The predicted molar refractivity (Wildman–Crippen MR) is 124 cm³/mol. The van der Waals surface area contributed by atoms with Crippen LogP contribution in [-0.2, 0) is 14.8 Å². The zero-order valence-corrected chi connectivity index (χ0v) is 19.3. The molecule has 0 saturated heterocycles. The van der Waals surface area contributed by atoms with Crippen molar-refractivity contribution in [2.75, 3.05) is 10.0 Å². The van der Waals surface area contributed by atoms with Crippen molar-refractivity contribution in [3.8, 4) is 5.75 Å². The zero-order valence-electron chi connectivity index (χ0n) is 18.5. The molecule has 2 heterocycles. The number of hydrogen-bond donors (Lipinski definition) is 2. The number of anilines is 2. The van der Waals surface area contributed by atoms with Crippen molar-refractivity contribution in [1.82, 2.24) is 5.16 Å². The summed E-state index contributed by atoms with van der Waals surface area (Å²) in [6.07, 6.45) is -0.880. The fraction of sp³-hybridized carbons (Fsp3) is 0.174. The van der Waals surface area contributed by atoms with Crippen LogP contribution in [0, 0.1) is 13.8 Å². The van der Waals surface area contributed by atoms with Crippen LogP contribution in [0.2, 0.25) is 0 Å². The van der Waals surface area contributed by atoms with Gasteiger partial charge in [-0.3, -0.25) is 9.52 Å². The molecule has 2 aromatic heterocycles. The molecule has 0 aliphatic heterocycles. The number of sulfonamides is 1. The van der Waals surface area contributed by atoms with E-state index < -0.39 is 27.7 Å². The Morgan fingerprint density at radius 2 is 1.79 bits per heavy atom. The summed E-state index contributed by atoms with van der Waals surface area (Å²) in [5.74, 6) is 0.455. The first-order chi connectivity index (χ1) is 16.1. The third kappa shape index (κ3) is 5.09. The number of hydrogen-bond acceptors (Lipinski definition) is 8. The van der Waals surface area contributed by atoms with Crippen molar-refractivity contribution < 1.29 is 26.9 Å². The van der Waals surface area contributed by atoms with Crippen LogP contribution in [0.3, 0.4) is 0 Å². The summed E-state index contributed by atoms with van der Waals surface area (Å²) in [5.41, 5.74) is 1.06. The van der Waals surface area contributed by atoms with E-state index in [1.165, 1.54) is 36.4 Å². The monoisotopic (exact) mass is 483 g/mol. The van der Waals surface area contributed by atoms with Crippen molar-refractivity contribution in [2.24, 2.45) is 0 Å². The van der Waals surface area contributed by atoms with Crippen molar-refractivity contribution in [1.29, 1.82) is 0 Å². The Morgan fingerprint density at radius 3 is 2.47 bits per heavy atom. The number of nitrogens with zero attached hydrogens (tertiary/aromatic N) is 1. The number of fused-ring (bicyclic) bond motifs is 1. The lowest BCUT2D eigenvalue weighted by molar-refractivity contribution is -0.122. The summed E-state index contributed by atoms with van der Waals surface area (Å²) in [6.45, 7) is 5.01. The highest BCUT2D eigenvalue weighted by Gasteiger charge is 2.18. The van der Waals surface area contributed by atoms with E-state index in [-0.39, 0.29) is 10.7 Å². The maximum absolute atomic E-state index is 12.6. The Hall–Kier alpha value is -4.12. The normalized spacial score (nSPS) is 12.3. The van der Waals surface area contributed by atoms with E-state index in [1.807, 2.05) is 0 Å². The van der Waals surface area contributed by atoms with Gasteiger partial charge >= 0.3 is 5.63 Å². The number of ether oxygens (including phenoxy) is 1. The lowest BCUT2D eigenvalue weighted by Crippen LogP contribution is -2.30. The van der Waals surface area contributed by atoms with Crippen LogP contribution in [0.25, 0.3) is 11.0 Å². The Morgan fingerprint density at radius 1 is 1.06 bits per heavy atom. The second kappa shape index (κ2) is 9.02. The molecule has 0 aliphatic carbocycles. The summed E-state index contributed by atoms with van der Waals surface area (Å²) in [6, 6.07) is 13.5. The molecule has 10 nitrogen and oxygen atoms in total. The van der Waals surface area contributed by atoms with E-state index in [9.17, 15) is 18.0 Å². The second-order valence-electron chi connectivity index (χ2n) is 7.61. The molecule has 4 rings (SSSR count). The van der Waals surface area contributed by atoms with Gasteiger partial charge < -0.3 is 19.0 Å². The fourth-order valence-corrected chi connectivity index (χ4v) is 4.19. The fourth-order valence-electron chi connectivity index (χ4n) is 3.21. The molecule has 34 heavy (non-hydrogen) atoms. The smallest absolute Gasteiger partial charge is 0.336 e. The average molecular weight is 484 g/mol. The molecule has 0 spiro atoms. The third-order valence-corrected chi connectivity index (χ3v) is 6.27. The standard InChI is InChI=1S/C23H21N3O7S/c1-13-10-22(27)32-20-12-17(6-9-19(13)20)31-15(3)23(28)24-16-4-7-18(8-5-16)34(29,30)26-21-11-14(2)33-25-21/h4-12,15H,1-3H3,(H,24,28)(H,25,26)/t15-/m0/s1. The van der Waals surface area contributed by atoms with Crippen LogP contribution in [0.5, 0.6) is 5.75 Å². The third-order valence-electron chi connectivity index (χ3n) is 4.90. The van der Waals surface area contributed by atoms with Gasteiger partial charge in [0.1, 0.15) is 17.1 Å². The lowest BCUT2D eigenvalue weighted by Gasteiger charge is -2.15. The molecule has 0 bridgehead atoms. The molecule has 11 heteroatoms. The molecule has 0 aliphatic rings. The van der Waals surface area contributed by atoms with Gasteiger partial charge in [-0.1, -0.05) is 5.16 Å². The topological polar surface area (TPSA) is 141 Å². The second-order valence-corrected chi connectivity index (χ2v) is 9.29. The van der Waals surface area contributed by atoms with E-state index in [2.05, 4.69) is 15.2 Å². The lowest BCUT2D eigenvalue weighted by atomic mass is 10.1. The maximum Gasteiger partial charge on any atom is 0.336 e. The highest BCUT2D eigenvalue weighted by Crippen LogP contribution is 2.23. The van der Waals surface area contributed by atoms with Crippen molar-refractivity contribution in [2.45, 2.75) is 31.8 Å². The molecular weight excluding hydrogens is 462 g/mol. The summed E-state index contributed by atoms with van der Waals surface area (Å²) in [4.78, 5) is 24.2. The predicted octanol–water partition coefficient (Wildman–Crippen LogP) is 3.60. The molecule has 1 atom stereocenters. The zero-order chi connectivity index (χ0) is 24.5. The highest BCUT2D eigenvalue weighted by molar-refractivity contribution is 7.92. The van der Waals surface area contributed by atoms with Crippen LogP contribution in [-0.4, -0.2) is 25.6 Å². The molecule has 4 aromatic rings. The molecular formula is C23H21N3O7S. The van der Waals surface area contributed by atoms with E-state index in [1.54, 1.807) is 39.0 Å². The SMILES string of the molecule is Cc1cc(NS(=O)(=O)c2ccc(NC(=O)[C@H](C)Oc3ccc4c(C)cc(=O)oc4c3)cc2)no1. The number of carbonyl (C=O) groups is 1. The van der Waals surface area contributed by atoms with E-state index in [0.29, 0.717) is 22.8 Å². The van der Waals surface area contributed by atoms with Crippen LogP contribution < -0.4 is 20.4 Å². The first kappa shape index (κ1) is 23.1. The Bertz CT molecular complexity index is 1520. The summed E-state index contributed by atoms with van der Waals surface area (Å²) < 4.78 is 43.0. The van der Waals surface area contributed by atoms with Gasteiger partial charge in [-0.25, -0.2) is 13.2 Å². The minimum absolute atomic E-state index is 0.0107. The molecule has 1 amide bonds. The van der Waals surface area contributed by atoms with Crippen molar-refractivity contribution >= 4 is 38.4 Å². The number of nitrogens with one attached hydrogen (secondary N) is 2. The Balaban J connectivity index is 1.41. The van der Waals surface area contributed by atoms with Crippen molar-refractivity contribution in [3.05, 3.63) is 76.3 Å². The van der Waals surface area contributed by atoms with Crippen molar-refractivity contribution in [3.63, 3.8) is 0 Å². The minimum atomic E-state index is -3.87. The maximum atomic E-state index is 12.6. The largest absolute Gasteiger partial charge is 0.481 e. The number of carbonyl (C=O) groups excluding carboxylic acids is 1. The molecule has 0 saturated carbocycles. The highest BCUT2D eigenvalue weighted by atomic mass is 32.2. The molecule has 2 aromatic carbocycles. The summed E-state index contributed by atoms with van der Waals surface area (Å²) in [7, 11) is -3.87. The molecule has 176 valence electrons. The molecule has 0 radical (unpaired) electrons. The number of aromatic nitrogens is 1. The van der Waals surface area contributed by atoms with Gasteiger partial charge in [0, 0.05) is 29.3 Å². The minimum Gasteiger partial charge on any atom is -0.481 e. The van der Waals surface area contributed by atoms with Gasteiger partial charge in [-0.15, -0.1) is 0 Å². The van der Waals surface area contributed by atoms with Crippen LogP contribution in [0.4, 0.5) is 11.5 Å². The summed E-state index contributed by atoms with van der Waals surface area (Å²) in [5, 5.41) is 7.04. The first-order valence-corrected chi connectivity index (χ1v) is 11.7. The quantitative estimate of drug-likeness (QED) is 0.380. The van der Waals surface area contributed by atoms with Gasteiger partial charge in [-0.2, -0.15) is 0 Å². The summed E-state index contributed by atoms with van der Waals surface area (Å²) >= 11 is 0. The van der Waals surface area contributed by atoms with Crippen LogP contribution >= 0.6 is 0 Å². The number of benzene rings is 2. The number of rotatable bonds is 7. The molecule has 0 fully saturated rings. The van der Waals surface area contributed by atoms with Gasteiger partial charge in [0.15, 0.2) is 11.9 Å². The van der Waals surface area contributed by atoms with Gasteiger partial charge in [0.05, 0.1) is 4.90 Å². The molecule has 2 N–H and O–H groups in total.